The quantitative estimate of drug-likeness (QED) is 0.688. The summed E-state index contributed by atoms with van der Waals surface area (Å²) in [6.45, 7) is 7.03. The molecule has 2 aromatic rings. The molecule has 2 N–H and O–H groups in total. The van der Waals surface area contributed by atoms with Crippen LogP contribution in [0.1, 0.15) is 26.3 Å². The van der Waals surface area contributed by atoms with Crippen LogP contribution >= 0.6 is 11.8 Å². The van der Waals surface area contributed by atoms with Crippen molar-refractivity contribution in [1.82, 2.24) is 19.4 Å². The van der Waals surface area contributed by atoms with Crippen molar-refractivity contribution in [1.29, 1.82) is 5.41 Å². The van der Waals surface area contributed by atoms with E-state index in [0.29, 0.717) is 16.8 Å². The highest BCUT2D eigenvalue weighted by Crippen LogP contribution is 2.25. The molecule has 3 unspecified atom stereocenters. The average molecular weight is 427 g/mol. The second kappa shape index (κ2) is 8.43. The maximum absolute atomic E-state index is 13.3. The van der Waals surface area contributed by atoms with Crippen molar-refractivity contribution in [2.45, 2.75) is 37.2 Å². The monoisotopic (exact) mass is 426 g/mol. The molecule has 30 heavy (non-hydrogen) atoms. The van der Waals surface area contributed by atoms with Gasteiger partial charge in [0.25, 0.3) is 5.56 Å². The van der Waals surface area contributed by atoms with E-state index in [0.717, 1.165) is 36.0 Å². The van der Waals surface area contributed by atoms with Gasteiger partial charge in [-0.1, -0.05) is 30.0 Å². The Labute approximate surface area is 180 Å². The van der Waals surface area contributed by atoms with Gasteiger partial charge in [-0.25, -0.2) is 4.99 Å². The molecule has 160 valence electrons. The van der Waals surface area contributed by atoms with Crippen molar-refractivity contribution in [3.05, 3.63) is 57.0 Å². The van der Waals surface area contributed by atoms with E-state index < -0.39 is 0 Å². The molecule has 1 fully saturated rings. The Kier molecular flexibility index (Phi) is 5.88. The zero-order chi connectivity index (χ0) is 21.4. The van der Waals surface area contributed by atoms with Crippen LogP contribution in [0.4, 0.5) is 0 Å². The van der Waals surface area contributed by atoms with Gasteiger partial charge in [0, 0.05) is 25.0 Å². The minimum atomic E-state index is -0.175. The Morgan fingerprint density at radius 3 is 2.67 bits per heavy atom. The molecule has 7 nitrogen and oxygen atoms in total. The fraction of sp³-hybridized carbons (Fsp3) is 0.500. The number of aromatic nitrogens is 2. The van der Waals surface area contributed by atoms with Crippen LogP contribution in [-0.4, -0.2) is 46.8 Å². The first-order valence-electron chi connectivity index (χ1n) is 10.5. The molecule has 8 heteroatoms. The first-order chi connectivity index (χ1) is 14.4. The molecule has 3 heterocycles. The van der Waals surface area contributed by atoms with E-state index in [2.05, 4.69) is 29.2 Å². The molecule has 0 saturated carbocycles. The summed E-state index contributed by atoms with van der Waals surface area (Å²) in [6, 6.07) is 10.1. The Hall–Kier alpha value is -2.32. The number of thioether (sulfide) groups is 1. The third-order valence-electron chi connectivity index (χ3n) is 6.17. The topological polar surface area (TPSA) is 78.4 Å². The minimum Gasteiger partial charge on any atom is -0.378 e. The highest BCUT2D eigenvalue weighted by atomic mass is 32.2. The van der Waals surface area contributed by atoms with E-state index in [9.17, 15) is 4.79 Å². The number of likely N-dealkylation sites (tertiary alicyclic amines) is 1. The van der Waals surface area contributed by atoms with E-state index in [1.807, 2.05) is 41.8 Å². The van der Waals surface area contributed by atoms with Crippen molar-refractivity contribution < 1.29 is 0 Å². The maximum Gasteiger partial charge on any atom is 0.266 e. The van der Waals surface area contributed by atoms with Gasteiger partial charge in [-0.05, 0) is 51.9 Å². The van der Waals surface area contributed by atoms with Gasteiger partial charge in [0.1, 0.15) is 10.7 Å². The van der Waals surface area contributed by atoms with Crippen molar-refractivity contribution in [3.8, 4) is 0 Å². The third-order valence-corrected chi connectivity index (χ3v) is 7.23. The number of rotatable bonds is 5. The number of fused-ring (bicyclic) bond motifs is 1. The lowest BCUT2D eigenvalue weighted by molar-refractivity contribution is 0.394. The Bertz CT molecular complexity index is 1170. The molecule has 0 spiro atoms. The van der Waals surface area contributed by atoms with E-state index >= 15 is 0 Å². The molecule has 0 bridgehead atoms. The van der Waals surface area contributed by atoms with Crippen LogP contribution in [0, 0.1) is 11.3 Å². The van der Waals surface area contributed by atoms with Gasteiger partial charge in [-0.3, -0.25) is 19.3 Å². The molecule has 2 aliphatic heterocycles. The Morgan fingerprint density at radius 1 is 1.27 bits per heavy atom. The van der Waals surface area contributed by atoms with Crippen molar-refractivity contribution in [3.63, 3.8) is 0 Å². The maximum atomic E-state index is 13.3. The van der Waals surface area contributed by atoms with E-state index in [-0.39, 0.29) is 23.1 Å². The molecular weight excluding hydrogens is 396 g/mol. The molecule has 0 aliphatic carbocycles. The largest absolute Gasteiger partial charge is 0.378 e. The lowest BCUT2D eigenvalue weighted by Crippen LogP contribution is -2.58. The highest BCUT2D eigenvalue weighted by molar-refractivity contribution is 8.07. The zero-order valence-corrected chi connectivity index (χ0v) is 18.9. The molecule has 1 aromatic heterocycles. The SMILES string of the molecule is CC1N=c2n(C)c(=O)c(=C(NCC3CCN(C)C3)Sc3ccccc3)c(=N)n2C1C. The summed E-state index contributed by atoms with van der Waals surface area (Å²) in [5.74, 6) is 0.537. The normalized spacial score (nSPS) is 24.5. The molecule has 0 radical (unpaired) electrons. The van der Waals surface area contributed by atoms with E-state index in [4.69, 9.17) is 5.41 Å². The number of hydrogen-bond donors (Lipinski definition) is 2. The highest BCUT2D eigenvalue weighted by Gasteiger charge is 2.25. The predicted molar refractivity (Wildman–Crippen MR) is 120 cm³/mol. The number of benzene rings is 1. The van der Waals surface area contributed by atoms with Crippen LogP contribution in [0.2, 0.25) is 0 Å². The molecule has 2 aliphatic rings. The van der Waals surface area contributed by atoms with Crippen LogP contribution in [-0.2, 0) is 7.05 Å². The average Bonchev–Trinajstić information content (AvgIpc) is 3.28. The van der Waals surface area contributed by atoms with E-state index in [1.54, 1.807) is 11.6 Å². The van der Waals surface area contributed by atoms with Crippen molar-refractivity contribution >= 4 is 16.8 Å². The van der Waals surface area contributed by atoms with Gasteiger partial charge < -0.3 is 10.2 Å². The molecular formula is C22H30N6OS. The fourth-order valence-electron chi connectivity index (χ4n) is 4.20. The fourth-order valence-corrected chi connectivity index (χ4v) is 5.17. The minimum absolute atomic E-state index is 0.0437. The van der Waals surface area contributed by atoms with Gasteiger partial charge in [0.05, 0.1) is 17.1 Å². The predicted octanol–water partition coefficient (Wildman–Crippen LogP) is 0.648. The zero-order valence-electron chi connectivity index (χ0n) is 18.1. The van der Waals surface area contributed by atoms with Crippen molar-refractivity contribution in [2.24, 2.45) is 18.0 Å². The van der Waals surface area contributed by atoms with Crippen molar-refractivity contribution in [2.75, 3.05) is 26.7 Å². The summed E-state index contributed by atoms with van der Waals surface area (Å²) < 4.78 is 3.47. The van der Waals surface area contributed by atoms with Crippen LogP contribution in [0.25, 0.3) is 5.03 Å². The van der Waals surface area contributed by atoms with Crippen LogP contribution in [0.5, 0.6) is 0 Å². The van der Waals surface area contributed by atoms with Gasteiger partial charge in [0.2, 0.25) is 5.62 Å². The van der Waals surface area contributed by atoms with Crippen LogP contribution in [0.3, 0.4) is 0 Å². The summed E-state index contributed by atoms with van der Waals surface area (Å²) in [4.78, 5) is 21.3. The van der Waals surface area contributed by atoms with Crippen LogP contribution in [0.15, 0.2) is 45.0 Å². The summed E-state index contributed by atoms with van der Waals surface area (Å²) in [5, 5.41) is 13.6. The van der Waals surface area contributed by atoms with Gasteiger partial charge >= 0.3 is 0 Å². The summed E-state index contributed by atoms with van der Waals surface area (Å²) in [5.41, 5.74) is 0.643. The molecule has 1 saturated heterocycles. The Morgan fingerprint density at radius 2 is 2.00 bits per heavy atom. The van der Waals surface area contributed by atoms with Gasteiger partial charge in [0.15, 0.2) is 0 Å². The summed E-state index contributed by atoms with van der Waals surface area (Å²) >= 11 is 1.53. The Balaban J connectivity index is 1.85. The van der Waals surface area contributed by atoms with Crippen LogP contribution < -0.4 is 27.2 Å². The van der Waals surface area contributed by atoms with Gasteiger partial charge in [-0.2, -0.15) is 0 Å². The molecule has 1 aromatic carbocycles. The number of nitrogens with one attached hydrogen (secondary N) is 2. The smallest absolute Gasteiger partial charge is 0.266 e. The molecule has 3 atom stereocenters. The summed E-state index contributed by atoms with van der Waals surface area (Å²) in [6.07, 6.45) is 1.14. The number of nitrogens with zero attached hydrogens (tertiary/aromatic N) is 4. The molecule has 0 amide bonds. The first kappa shape index (κ1) is 20.9. The lowest BCUT2D eigenvalue weighted by Gasteiger charge is -2.17. The molecule has 4 rings (SSSR count). The number of hydrogen-bond acceptors (Lipinski definition) is 6. The standard InChI is InChI=1S/C22H30N6OS/c1-14-15(2)28-19(23)18(21(29)27(4)22(28)25-14)20(30-17-8-6-5-7-9-17)24-12-16-10-11-26(3)13-16/h5-9,14-16,23-24H,10-13H2,1-4H3. The second-order valence-corrected chi connectivity index (χ2v) is 9.49. The van der Waals surface area contributed by atoms with Gasteiger partial charge in [-0.15, -0.1) is 0 Å². The third kappa shape index (κ3) is 3.86. The van der Waals surface area contributed by atoms with E-state index in [1.165, 1.54) is 11.8 Å². The second-order valence-electron chi connectivity index (χ2n) is 8.41. The lowest BCUT2D eigenvalue weighted by atomic mass is 10.1. The first-order valence-corrected chi connectivity index (χ1v) is 11.3. The summed E-state index contributed by atoms with van der Waals surface area (Å²) in [7, 11) is 3.90.